The van der Waals surface area contributed by atoms with E-state index in [1.54, 1.807) is 0 Å². The van der Waals surface area contributed by atoms with Gasteiger partial charge in [-0.15, -0.1) is 0 Å². The highest BCUT2D eigenvalue weighted by molar-refractivity contribution is 5.55. The molecule has 3 nitrogen and oxygen atoms in total. The summed E-state index contributed by atoms with van der Waals surface area (Å²) in [5, 5.41) is 3.53. The summed E-state index contributed by atoms with van der Waals surface area (Å²) in [7, 11) is 0. The zero-order valence-electron chi connectivity index (χ0n) is 11.5. The fourth-order valence-electron chi connectivity index (χ4n) is 2.88. The third-order valence-electron chi connectivity index (χ3n) is 3.77. The van der Waals surface area contributed by atoms with Crippen molar-refractivity contribution in [2.45, 2.75) is 32.7 Å². The standard InChI is InChI=1S/C16H19N3/c1-11-15(14-9-6-10-17-14)12(2)19-16(18-11)13-7-4-3-5-8-13/h3-5,7-8,14,17H,6,9-10H2,1-2H3. The molecule has 98 valence electrons. The fourth-order valence-corrected chi connectivity index (χ4v) is 2.88. The Morgan fingerprint density at radius 2 is 1.74 bits per heavy atom. The van der Waals surface area contributed by atoms with E-state index in [0.717, 1.165) is 29.3 Å². The van der Waals surface area contributed by atoms with Crippen molar-refractivity contribution in [2.75, 3.05) is 6.54 Å². The minimum absolute atomic E-state index is 0.435. The number of hydrogen-bond donors (Lipinski definition) is 1. The van der Waals surface area contributed by atoms with Gasteiger partial charge in [-0.25, -0.2) is 9.97 Å². The molecule has 1 aliphatic rings. The van der Waals surface area contributed by atoms with Crippen molar-refractivity contribution < 1.29 is 0 Å². The Morgan fingerprint density at radius 1 is 1.05 bits per heavy atom. The van der Waals surface area contributed by atoms with E-state index in [2.05, 4.69) is 31.3 Å². The molecule has 1 saturated heterocycles. The lowest BCUT2D eigenvalue weighted by Crippen LogP contribution is -2.17. The van der Waals surface area contributed by atoms with Crippen molar-refractivity contribution in [3.05, 3.63) is 47.3 Å². The molecule has 1 aromatic heterocycles. The Bertz CT molecular complexity index is 549. The van der Waals surface area contributed by atoms with Gasteiger partial charge in [-0.3, -0.25) is 0 Å². The van der Waals surface area contributed by atoms with Crippen molar-refractivity contribution >= 4 is 0 Å². The van der Waals surface area contributed by atoms with Crippen LogP contribution in [0.4, 0.5) is 0 Å². The summed E-state index contributed by atoms with van der Waals surface area (Å²) in [5.74, 6) is 0.831. The normalized spacial score (nSPS) is 18.7. The molecule has 3 heteroatoms. The molecular formula is C16H19N3. The summed E-state index contributed by atoms with van der Waals surface area (Å²) in [4.78, 5) is 9.40. The highest BCUT2D eigenvalue weighted by Crippen LogP contribution is 2.28. The molecule has 1 aliphatic heterocycles. The summed E-state index contributed by atoms with van der Waals surface area (Å²) in [6.07, 6.45) is 2.43. The zero-order valence-corrected chi connectivity index (χ0v) is 11.5. The summed E-state index contributed by atoms with van der Waals surface area (Å²) in [5.41, 5.74) is 4.58. The van der Waals surface area contributed by atoms with Crippen LogP contribution in [0.2, 0.25) is 0 Å². The Morgan fingerprint density at radius 3 is 2.32 bits per heavy atom. The molecule has 1 unspecified atom stereocenters. The summed E-state index contributed by atoms with van der Waals surface area (Å²) in [6.45, 7) is 5.29. The smallest absolute Gasteiger partial charge is 0.159 e. The fraction of sp³-hybridized carbons (Fsp3) is 0.375. The second-order valence-corrected chi connectivity index (χ2v) is 5.15. The van der Waals surface area contributed by atoms with Gasteiger partial charge in [-0.05, 0) is 33.2 Å². The predicted octanol–water partition coefficient (Wildman–Crippen LogP) is 3.18. The van der Waals surface area contributed by atoms with E-state index in [9.17, 15) is 0 Å². The maximum absolute atomic E-state index is 4.70. The van der Waals surface area contributed by atoms with E-state index in [1.165, 1.54) is 18.4 Å². The first-order chi connectivity index (χ1) is 9.25. The van der Waals surface area contributed by atoms with Gasteiger partial charge in [-0.1, -0.05) is 30.3 Å². The van der Waals surface area contributed by atoms with E-state index < -0.39 is 0 Å². The number of aromatic nitrogens is 2. The molecule has 2 heterocycles. The van der Waals surface area contributed by atoms with E-state index in [-0.39, 0.29) is 0 Å². The Labute approximate surface area is 114 Å². The summed E-state index contributed by atoms with van der Waals surface area (Å²) in [6, 6.07) is 10.6. The second kappa shape index (κ2) is 5.10. The topological polar surface area (TPSA) is 37.8 Å². The quantitative estimate of drug-likeness (QED) is 0.893. The van der Waals surface area contributed by atoms with Gasteiger partial charge in [0.25, 0.3) is 0 Å². The van der Waals surface area contributed by atoms with Gasteiger partial charge in [0.15, 0.2) is 5.82 Å². The minimum Gasteiger partial charge on any atom is -0.310 e. The van der Waals surface area contributed by atoms with E-state index in [1.807, 2.05) is 18.2 Å². The van der Waals surface area contributed by atoms with E-state index in [0.29, 0.717) is 6.04 Å². The van der Waals surface area contributed by atoms with Gasteiger partial charge in [0.2, 0.25) is 0 Å². The lowest BCUT2D eigenvalue weighted by atomic mass is 10.0. The van der Waals surface area contributed by atoms with Gasteiger partial charge in [0, 0.05) is 28.6 Å². The van der Waals surface area contributed by atoms with Crippen LogP contribution in [0.25, 0.3) is 11.4 Å². The zero-order chi connectivity index (χ0) is 13.2. The van der Waals surface area contributed by atoms with Crippen LogP contribution in [0.1, 0.15) is 35.8 Å². The Hall–Kier alpha value is -1.74. The molecule has 0 saturated carbocycles. The summed E-state index contributed by atoms with van der Waals surface area (Å²) >= 11 is 0. The first-order valence-electron chi connectivity index (χ1n) is 6.89. The van der Waals surface area contributed by atoms with Gasteiger partial charge >= 0.3 is 0 Å². The van der Waals surface area contributed by atoms with Gasteiger partial charge in [0.1, 0.15) is 0 Å². The van der Waals surface area contributed by atoms with Crippen LogP contribution in [0.15, 0.2) is 30.3 Å². The van der Waals surface area contributed by atoms with Crippen LogP contribution < -0.4 is 5.32 Å². The largest absolute Gasteiger partial charge is 0.310 e. The first kappa shape index (κ1) is 12.3. The van der Waals surface area contributed by atoms with Gasteiger partial charge < -0.3 is 5.32 Å². The second-order valence-electron chi connectivity index (χ2n) is 5.15. The number of nitrogens with zero attached hydrogens (tertiary/aromatic N) is 2. The number of nitrogens with one attached hydrogen (secondary N) is 1. The van der Waals surface area contributed by atoms with Crippen LogP contribution in [-0.2, 0) is 0 Å². The van der Waals surface area contributed by atoms with Crippen LogP contribution in [0.5, 0.6) is 0 Å². The van der Waals surface area contributed by atoms with Crippen LogP contribution in [0.3, 0.4) is 0 Å². The molecule has 0 bridgehead atoms. The molecule has 0 spiro atoms. The lowest BCUT2D eigenvalue weighted by Gasteiger charge is -2.16. The SMILES string of the molecule is Cc1nc(-c2ccccc2)nc(C)c1C1CCCN1. The third-order valence-corrected chi connectivity index (χ3v) is 3.77. The van der Waals surface area contributed by atoms with E-state index in [4.69, 9.17) is 9.97 Å². The van der Waals surface area contributed by atoms with Crippen molar-refractivity contribution in [1.82, 2.24) is 15.3 Å². The lowest BCUT2D eigenvalue weighted by molar-refractivity contribution is 0.630. The molecule has 3 rings (SSSR count). The molecule has 1 aromatic carbocycles. The Kier molecular flexibility index (Phi) is 3.30. The van der Waals surface area contributed by atoms with Gasteiger partial charge in [0.05, 0.1) is 0 Å². The van der Waals surface area contributed by atoms with Crippen molar-refractivity contribution in [2.24, 2.45) is 0 Å². The average molecular weight is 253 g/mol. The third kappa shape index (κ3) is 2.38. The van der Waals surface area contributed by atoms with Crippen molar-refractivity contribution in [3.63, 3.8) is 0 Å². The molecule has 1 fully saturated rings. The Balaban J connectivity index is 2.02. The highest BCUT2D eigenvalue weighted by atomic mass is 15.0. The number of rotatable bonds is 2. The summed E-state index contributed by atoms with van der Waals surface area (Å²) < 4.78 is 0. The minimum atomic E-state index is 0.435. The predicted molar refractivity (Wildman–Crippen MR) is 76.9 cm³/mol. The highest BCUT2D eigenvalue weighted by Gasteiger charge is 2.22. The maximum atomic E-state index is 4.70. The molecule has 0 radical (unpaired) electrons. The van der Waals surface area contributed by atoms with Crippen molar-refractivity contribution in [1.29, 1.82) is 0 Å². The average Bonchev–Trinajstić information content (AvgIpc) is 2.93. The van der Waals surface area contributed by atoms with Crippen LogP contribution >= 0.6 is 0 Å². The number of benzene rings is 1. The molecule has 2 aromatic rings. The maximum Gasteiger partial charge on any atom is 0.159 e. The number of hydrogen-bond acceptors (Lipinski definition) is 3. The van der Waals surface area contributed by atoms with Crippen LogP contribution in [0, 0.1) is 13.8 Å². The molecule has 0 amide bonds. The van der Waals surface area contributed by atoms with E-state index >= 15 is 0 Å². The van der Waals surface area contributed by atoms with Crippen molar-refractivity contribution in [3.8, 4) is 11.4 Å². The van der Waals surface area contributed by atoms with Crippen LogP contribution in [-0.4, -0.2) is 16.5 Å². The molecule has 0 aliphatic carbocycles. The monoisotopic (exact) mass is 253 g/mol. The molecule has 1 N–H and O–H groups in total. The molecule has 1 atom stereocenters. The van der Waals surface area contributed by atoms with Gasteiger partial charge in [-0.2, -0.15) is 0 Å². The molecular weight excluding hydrogens is 234 g/mol. The number of aryl methyl sites for hydroxylation is 2. The molecule has 19 heavy (non-hydrogen) atoms. The first-order valence-corrected chi connectivity index (χ1v) is 6.89.